The molecule has 3 aromatic rings. The van der Waals surface area contributed by atoms with Crippen molar-refractivity contribution in [2.45, 2.75) is 38.4 Å². The first-order valence-electron chi connectivity index (χ1n) is 9.27. The third-order valence-electron chi connectivity index (χ3n) is 5.40. The highest BCUT2D eigenvalue weighted by atomic mass is 35.5. The van der Waals surface area contributed by atoms with E-state index in [1.54, 1.807) is 17.2 Å². The van der Waals surface area contributed by atoms with Gasteiger partial charge in [0.15, 0.2) is 11.6 Å². The molecule has 0 radical (unpaired) electrons. The summed E-state index contributed by atoms with van der Waals surface area (Å²) in [4.78, 5) is 14.6. The number of halogens is 2. The van der Waals surface area contributed by atoms with Crippen LogP contribution in [0.5, 0.6) is 0 Å². The SMILES string of the molecule is C[C@@H]1c2nnc(-c3ccnn3C3CC3)n2CCN1C(=O)c1ccc(Cl)c(F)c1. The molecular weight excluding hydrogens is 383 g/mol. The lowest BCUT2D eigenvalue weighted by Gasteiger charge is -2.33. The lowest BCUT2D eigenvalue weighted by atomic mass is 10.1. The molecule has 3 heterocycles. The van der Waals surface area contributed by atoms with Crippen molar-refractivity contribution in [1.29, 1.82) is 0 Å². The number of fused-ring (bicyclic) bond motifs is 1. The van der Waals surface area contributed by atoms with Gasteiger partial charge in [0, 0.05) is 24.8 Å². The topological polar surface area (TPSA) is 68.8 Å². The molecule has 2 aromatic heterocycles. The molecule has 1 aliphatic heterocycles. The Labute approximate surface area is 165 Å². The molecule has 5 rings (SSSR count). The highest BCUT2D eigenvalue weighted by Crippen LogP contribution is 2.38. The fourth-order valence-corrected chi connectivity index (χ4v) is 3.87. The first-order valence-corrected chi connectivity index (χ1v) is 9.65. The molecule has 1 saturated carbocycles. The van der Waals surface area contributed by atoms with Gasteiger partial charge in [0.1, 0.15) is 11.5 Å². The van der Waals surface area contributed by atoms with Crippen molar-refractivity contribution in [1.82, 2.24) is 29.4 Å². The number of benzene rings is 1. The van der Waals surface area contributed by atoms with Crippen molar-refractivity contribution in [2.75, 3.05) is 6.54 Å². The second-order valence-electron chi connectivity index (χ2n) is 7.23. The first kappa shape index (κ1) is 17.4. The van der Waals surface area contributed by atoms with Crippen LogP contribution in [0.25, 0.3) is 11.5 Å². The molecule has 0 unspecified atom stereocenters. The fourth-order valence-electron chi connectivity index (χ4n) is 3.75. The van der Waals surface area contributed by atoms with Crippen LogP contribution in [-0.2, 0) is 6.54 Å². The van der Waals surface area contributed by atoms with Crippen LogP contribution in [0.3, 0.4) is 0 Å². The smallest absolute Gasteiger partial charge is 0.254 e. The molecule has 2 aliphatic rings. The number of carbonyl (C=O) groups excluding carboxylic acids is 1. The van der Waals surface area contributed by atoms with E-state index in [0.717, 1.165) is 24.4 Å². The third-order valence-corrected chi connectivity index (χ3v) is 5.71. The lowest BCUT2D eigenvalue weighted by Crippen LogP contribution is -2.41. The van der Waals surface area contributed by atoms with Crippen molar-refractivity contribution < 1.29 is 9.18 Å². The van der Waals surface area contributed by atoms with Gasteiger partial charge in [-0.3, -0.25) is 9.48 Å². The Bertz CT molecular complexity index is 1070. The summed E-state index contributed by atoms with van der Waals surface area (Å²) in [5.74, 6) is 0.640. The van der Waals surface area contributed by atoms with Crippen LogP contribution in [0, 0.1) is 5.82 Å². The van der Waals surface area contributed by atoms with E-state index in [4.69, 9.17) is 11.6 Å². The monoisotopic (exact) mass is 400 g/mol. The van der Waals surface area contributed by atoms with Gasteiger partial charge in [0.25, 0.3) is 5.91 Å². The molecule has 1 fully saturated rings. The quantitative estimate of drug-likeness (QED) is 0.675. The normalized spacial score (nSPS) is 19.0. The zero-order valence-electron chi connectivity index (χ0n) is 15.2. The summed E-state index contributed by atoms with van der Waals surface area (Å²) in [5, 5.41) is 13.2. The highest BCUT2D eigenvalue weighted by molar-refractivity contribution is 6.30. The average molecular weight is 401 g/mol. The molecule has 0 spiro atoms. The summed E-state index contributed by atoms with van der Waals surface area (Å²) in [6.07, 6.45) is 4.05. The van der Waals surface area contributed by atoms with Crippen LogP contribution in [0.15, 0.2) is 30.5 Å². The number of rotatable bonds is 3. The summed E-state index contributed by atoms with van der Waals surface area (Å²) in [7, 11) is 0. The molecule has 1 atom stereocenters. The van der Waals surface area contributed by atoms with Gasteiger partial charge in [-0.25, -0.2) is 4.39 Å². The minimum atomic E-state index is -0.601. The maximum Gasteiger partial charge on any atom is 0.254 e. The summed E-state index contributed by atoms with van der Waals surface area (Å²) in [5.41, 5.74) is 1.22. The summed E-state index contributed by atoms with van der Waals surface area (Å²) in [6.45, 7) is 2.96. The van der Waals surface area contributed by atoms with Gasteiger partial charge < -0.3 is 9.47 Å². The van der Waals surface area contributed by atoms with E-state index in [9.17, 15) is 9.18 Å². The van der Waals surface area contributed by atoms with Gasteiger partial charge in [0.05, 0.1) is 17.1 Å². The maximum atomic E-state index is 13.8. The Morgan fingerprint density at radius 3 is 2.79 bits per heavy atom. The predicted molar refractivity (Wildman–Crippen MR) is 100 cm³/mol. The van der Waals surface area contributed by atoms with E-state index in [0.29, 0.717) is 25.0 Å². The van der Waals surface area contributed by atoms with E-state index in [1.165, 1.54) is 12.1 Å². The van der Waals surface area contributed by atoms with Gasteiger partial charge in [-0.2, -0.15) is 5.10 Å². The summed E-state index contributed by atoms with van der Waals surface area (Å²) >= 11 is 5.73. The molecule has 144 valence electrons. The zero-order valence-corrected chi connectivity index (χ0v) is 16.0. The van der Waals surface area contributed by atoms with Gasteiger partial charge >= 0.3 is 0 Å². The van der Waals surface area contributed by atoms with Crippen molar-refractivity contribution >= 4 is 17.5 Å². The van der Waals surface area contributed by atoms with Crippen molar-refractivity contribution in [3.63, 3.8) is 0 Å². The van der Waals surface area contributed by atoms with Gasteiger partial charge in [-0.15, -0.1) is 10.2 Å². The molecule has 7 nitrogen and oxygen atoms in total. The third kappa shape index (κ3) is 2.71. The maximum absolute atomic E-state index is 13.8. The minimum Gasteiger partial charge on any atom is -0.327 e. The number of amides is 1. The molecule has 1 aliphatic carbocycles. The fraction of sp³-hybridized carbons (Fsp3) is 0.368. The van der Waals surface area contributed by atoms with Crippen LogP contribution in [-0.4, -0.2) is 41.9 Å². The van der Waals surface area contributed by atoms with Crippen molar-refractivity contribution in [3.8, 4) is 11.5 Å². The zero-order chi connectivity index (χ0) is 19.4. The predicted octanol–water partition coefficient (Wildman–Crippen LogP) is 3.49. The molecule has 0 saturated heterocycles. The Hall–Kier alpha value is -2.74. The molecule has 1 amide bonds. The van der Waals surface area contributed by atoms with Gasteiger partial charge in [-0.05, 0) is 44.0 Å². The second kappa shape index (κ2) is 6.41. The minimum absolute atomic E-state index is 0.0000910. The summed E-state index contributed by atoms with van der Waals surface area (Å²) < 4.78 is 17.8. The van der Waals surface area contributed by atoms with E-state index in [2.05, 4.69) is 15.3 Å². The van der Waals surface area contributed by atoms with Crippen LogP contribution >= 0.6 is 11.6 Å². The lowest BCUT2D eigenvalue weighted by molar-refractivity contribution is 0.0638. The highest BCUT2D eigenvalue weighted by Gasteiger charge is 2.34. The summed E-state index contributed by atoms with van der Waals surface area (Å²) in [6, 6.07) is 6.23. The molecule has 1 aromatic carbocycles. The Balaban J connectivity index is 1.45. The second-order valence-corrected chi connectivity index (χ2v) is 7.64. The van der Waals surface area contributed by atoms with E-state index >= 15 is 0 Å². The molecule has 9 heteroatoms. The van der Waals surface area contributed by atoms with Crippen LogP contribution in [0.4, 0.5) is 4.39 Å². The Kier molecular flexibility index (Phi) is 3.97. The van der Waals surface area contributed by atoms with Gasteiger partial charge in [-0.1, -0.05) is 11.6 Å². The van der Waals surface area contributed by atoms with Crippen LogP contribution in [0.1, 0.15) is 48.0 Å². The molecule has 28 heavy (non-hydrogen) atoms. The molecule has 0 bridgehead atoms. The Morgan fingerprint density at radius 2 is 2.04 bits per heavy atom. The van der Waals surface area contributed by atoms with E-state index in [1.807, 2.05) is 22.2 Å². The number of hydrogen-bond acceptors (Lipinski definition) is 4. The van der Waals surface area contributed by atoms with Crippen molar-refractivity contribution in [2.24, 2.45) is 0 Å². The molecular formula is C19H18ClFN6O. The average Bonchev–Trinajstić information content (AvgIpc) is 3.25. The van der Waals surface area contributed by atoms with E-state index < -0.39 is 5.82 Å². The first-order chi connectivity index (χ1) is 13.5. The number of carbonyl (C=O) groups is 1. The number of hydrogen-bond donors (Lipinski definition) is 0. The Morgan fingerprint density at radius 1 is 1.21 bits per heavy atom. The van der Waals surface area contributed by atoms with Crippen LogP contribution in [0.2, 0.25) is 5.02 Å². The van der Waals surface area contributed by atoms with E-state index in [-0.39, 0.29) is 22.5 Å². The number of nitrogens with zero attached hydrogens (tertiary/aromatic N) is 6. The van der Waals surface area contributed by atoms with Crippen molar-refractivity contribution in [3.05, 3.63) is 52.7 Å². The molecule has 0 N–H and O–H groups in total. The number of aromatic nitrogens is 5. The van der Waals surface area contributed by atoms with Gasteiger partial charge in [0.2, 0.25) is 0 Å². The van der Waals surface area contributed by atoms with Crippen LogP contribution < -0.4 is 0 Å². The largest absolute Gasteiger partial charge is 0.327 e. The standard InChI is InChI=1S/C19H18ClFN6O/c1-11-17-23-24-18(16-6-7-22-27(16)13-3-4-13)26(17)9-8-25(11)19(28)12-2-5-14(20)15(21)10-12/h2,5-7,10-11,13H,3-4,8-9H2,1H3/t11-/m1/s1.